The summed E-state index contributed by atoms with van der Waals surface area (Å²) in [5, 5.41) is 20.0. The first-order valence-corrected chi connectivity index (χ1v) is 6.51. The van der Waals surface area contributed by atoms with Gasteiger partial charge in [0.25, 0.3) is 0 Å². The van der Waals surface area contributed by atoms with Crippen molar-refractivity contribution in [2.24, 2.45) is 0 Å². The average Bonchev–Trinajstić information content (AvgIpc) is 2.33. The molecular weight excluding hydrogens is 266 g/mol. The molecule has 1 saturated heterocycles. The fourth-order valence-electron chi connectivity index (χ4n) is 2.20. The summed E-state index contributed by atoms with van der Waals surface area (Å²) >= 11 is 0. The number of hydrogen-bond acceptors (Lipinski definition) is 4. The molecule has 1 aliphatic rings. The number of aliphatic carboxylic acids is 2. The number of nitrogens with one attached hydrogen (secondary N) is 1. The zero-order chi connectivity index (χ0) is 15.3. The zero-order valence-corrected chi connectivity index (χ0v) is 11.7. The van der Waals surface area contributed by atoms with Crippen molar-refractivity contribution < 1.29 is 24.6 Å². The van der Waals surface area contributed by atoms with Crippen molar-refractivity contribution in [2.45, 2.75) is 31.8 Å². The fraction of sp³-hybridized carbons (Fsp3) is 0.750. The predicted octanol–water partition coefficient (Wildman–Crippen LogP) is -0.350. The first-order chi connectivity index (χ1) is 9.31. The lowest BCUT2D eigenvalue weighted by atomic mass is 10.1. The first-order valence-electron chi connectivity index (χ1n) is 6.51. The Morgan fingerprint density at radius 2 is 1.95 bits per heavy atom. The van der Waals surface area contributed by atoms with E-state index in [1.165, 1.54) is 0 Å². The van der Waals surface area contributed by atoms with Crippen LogP contribution in [-0.4, -0.2) is 76.7 Å². The van der Waals surface area contributed by atoms with Crippen LogP contribution in [0.25, 0.3) is 0 Å². The van der Waals surface area contributed by atoms with E-state index >= 15 is 0 Å². The standard InChI is InChI=1S/C12H21N3O5/c1-8-7-14(2)5-6-15(8)12(20)13-9(11(18)19)3-4-10(16)17/h8-9H,3-7H2,1-2H3,(H,13,20)(H,16,17)(H,18,19)/t8?,9-/m0/s1. The maximum absolute atomic E-state index is 12.1. The van der Waals surface area contributed by atoms with Crippen LogP contribution in [0.1, 0.15) is 19.8 Å². The number of nitrogens with zero attached hydrogens (tertiary/aromatic N) is 2. The topological polar surface area (TPSA) is 110 Å². The van der Waals surface area contributed by atoms with E-state index in [1.54, 1.807) is 4.90 Å². The van der Waals surface area contributed by atoms with E-state index in [4.69, 9.17) is 10.2 Å². The molecule has 0 saturated carbocycles. The van der Waals surface area contributed by atoms with Crippen molar-refractivity contribution >= 4 is 18.0 Å². The van der Waals surface area contributed by atoms with E-state index in [2.05, 4.69) is 10.2 Å². The quantitative estimate of drug-likeness (QED) is 0.637. The molecule has 8 nitrogen and oxygen atoms in total. The van der Waals surface area contributed by atoms with Crippen molar-refractivity contribution in [3.63, 3.8) is 0 Å². The van der Waals surface area contributed by atoms with E-state index < -0.39 is 24.0 Å². The number of carbonyl (C=O) groups excluding carboxylic acids is 1. The van der Waals surface area contributed by atoms with E-state index in [1.807, 2.05) is 14.0 Å². The predicted molar refractivity (Wildman–Crippen MR) is 70.5 cm³/mol. The Bertz CT molecular complexity index is 387. The number of hydrogen-bond donors (Lipinski definition) is 3. The average molecular weight is 287 g/mol. The Morgan fingerprint density at radius 1 is 1.30 bits per heavy atom. The second kappa shape index (κ2) is 7.09. The van der Waals surface area contributed by atoms with Gasteiger partial charge in [0.15, 0.2) is 0 Å². The van der Waals surface area contributed by atoms with Gasteiger partial charge in [0, 0.05) is 32.1 Å². The maximum atomic E-state index is 12.1. The summed E-state index contributed by atoms with van der Waals surface area (Å²) in [7, 11) is 1.96. The van der Waals surface area contributed by atoms with Crippen LogP contribution < -0.4 is 5.32 Å². The molecule has 2 amide bonds. The minimum atomic E-state index is -1.22. The van der Waals surface area contributed by atoms with Crippen molar-refractivity contribution in [2.75, 3.05) is 26.7 Å². The van der Waals surface area contributed by atoms with Crippen LogP contribution in [-0.2, 0) is 9.59 Å². The van der Waals surface area contributed by atoms with Crippen LogP contribution in [0.3, 0.4) is 0 Å². The van der Waals surface area contributed by atoms with Gasteiger partial charge in [-0.2, -0.15) is 0 Å². The summed E-state index contributed by atoms with van der Waals surface area (Å²) in [5.74, 6) is -2.31. The summed E-state index contributed by atoms with van der Waals surface area (Å²) in [5.41, 5.74) is 0. The van der Waals surface area contributed by atoms with E-state index in [-0.39, 0.29) is 18.9 Å². The highest BCUT2D eigenvalue weighted by molar-refractivity contribution is 5.83. The number of likely N-dealkylation sites (N-methyl/N-ethyl adjacent to an activating group) is 1. The second-order valence-corrected chi connectivity index (χ2v) is 5.08. The van der Waals surface area contributed by atoms with Gasteiger partial charge < -0.3 is 25.3 Å². The lowest BCUT2D eigenvalue weighted by Crippen LogP contribution is -2.57. The van der Waals surface area contributed by atoms with Gasteiger partial charge in [-0.15, -0.1) is 0 Å². The number of amides is 2. The lowest BCUT2D eigenvalue weighted by Gasteiger charge is -2.38. The van der Waals surface area contributed by atoms with Gasteiger partial charge >= 0.3 is 18.0 Å². The number of urea groups is 1. The van der Waals surface area contributed by atoms with Gasteiger partial charge in [0.05, 0.1) is 0 Å². The summed E-state index contributed by atoms with van der Waals surface area (Å²) in [6.07, 6.45) is -0.423. The highest BCUT2D eigenvalue weighted by atomic mass is 16.4. The number of rotatable bonds is 5. The van der Waals surface area contributed by atoms with Crippen LogP contribution in [0.15, 0.2) is 0 Å². The summed E-state index contributed by atoms with van der Waals surface area (Å²) in [6.45, 7) is 3.86. The summed E-state index contributed by atoms with van der Waals surface area (Å²) < 4.78 is 0. The van der Waals surface area contributed by atoms with Gasteiger partial charge in [-0.1, -0.05) is 0 Å². The van der Waals surface area contributed by atoms with Crippen LogP contribution >= 0.6 is 0 Å². The Morgan fingerprint density at radius 3 is 2.45 bits per heavy atom. The molecule has 1 aliphatic heterocycles. The van der Waals surface area contributed by atoms with Gasteiger partial charge in [0.2, 0.25) is 0 Å². The fourth-order valence-corrected chi connectivity index (χ4v) is 2.20. The Kier molecular flexibility index (Phi) is 5.75. The number of piperazine rings is 1. The molecule has 3 N–H and O–H groups in total. The Balaban J connectivity index is 2.57. The number of carboxylic acid groups (broad SMARTS) is 2. The van der Waals surface area contributed by atoms with Crippen LogP contribution in [0.5, 0.6) is 0 Å². The molecule has 0 aromatic rings. The summed E-state index contributed by atoms with van der Waals surface area (Å²) in [6, 6.07) is -1.64. The van der Waals surface area contributed by atoms with Gasteiger partial charge in [-0.05, 0) is 20.4 Å². The SMILES string of the molecule is CC1CN(C)CCN1C(=O)N[C@@H](CCC(=O)O)C(=O)O. The molecule has 0 aromatic carbocycles. The minimum absolute atomic E-state index is 0.0114. The normalized spacial score (nSPS) is 21.3. The molecule has 114 valence electrons. The van der Waals surface area contributed by atoms with Crippen molar-refractivity contribution in [3.8, 4) is 0 Å². The van der Waals surface area contributed by atoms with Crippen LogP contribution in [0, 0.1) is 0 Å². The highest BCUT2D eigenvalue weighted by Gasteiger charge is 2.29. The molecule has 20 heavy (non-hydrogen) atoms. The zero-order valence-electron chi connectivity index (χ0n) is 11.7. The van der Waals surface area contributed by atoms with Gasteiger partial charge in [0.1, 0.15) is 6.04 Å². The maximum Gasteiger partial charge on any atom is 0.326 e. The molecular formula is C12H21N3O5. The molecule has 1 rings (SSSR count). The van der Waals surface area contributed by atoms with E-state index in [0.29, 0.717) is 6.54 Å². The third-order valence-corrected chi connectivity index (χ3v) is 3.33. The molecule has 1 heterocycles. The number of carboxylic acids is 2. The first kappa shape index (κ1) is 16.2. The van der Waals surface area contributed by atoms with Gasteiger partial charge in [-0.25, -0.2) is 9.59 Å². The van der Waals surface area contributed by atoms with Crippen molar-refractivity contribution in [1.29, 1.82) is 0 Å². The minimum Gasteiger partial charge on any atom is -0.481 e. The molecule has 0 bridgehead atoms. The molecule has 2 atom stereocenters. The molecule has 1 fully saturated rings. The summed E-state index contributed by atoms with van der Waals surface area (Å²) in [4.78, 5) is 37.2. The van der Waals surface area contributed by atoms with Crippen LogP contribution in [0.4, 0.5) is 4.79 Å². The lowest BCUT2D eigenvalue weighted by molar-refractivity contribution is -0.140. The third-order valence-electron chi connectivity index (χ3n) is 3.33. The smallest absolute Gasteiger partial charge is 0.326 e. The number of carbonyl (C=O) groups is 3. The van der Waals surface area contributed by atoms with E-state index in [9.17, 15) is 14.4 Å². The highest BCUT2D eigenvalue weighted by Crippen LogP contribution is 2.09. The molecule has 0 spiro atoms. The van der Waals surface area contributed by atoms with E-state index in [0.717, 1.165) is 13.1 Å². The second-order valence-electron chi connectivity index (χ2n) is 5.08. The van der Waals surface area contributed by atoms with Gasteiger partial charge in [-0.3, -0.25) is 4.79 Å². The third kappa shape index (κ3) is 4.69. The molecule has 1 unspecified atom stereocenters. The largest absolute Gasteiger partial charge is 0.481 e. The Labute approximate surface area is 117 Å². The molecule has 0 aromatic heterocycles. The Hall–Kier alpha value is -1.83. The van der Waals surface area contributed by atoms with Crippen molar-refractivity contribution in [3.05, 3.63) is 0 Å². The molecule has 8 heteroatoms. The molecule has 0 radical (unpaired) electrons. The monoisotopic (exact) mass is 287 g/mol. The van der Waals surface area contributed by atoms with Crippen LogP contribution in [0.2, 0.25) is 0 Å². The van der Waals surface area contributed by atoms with Crippen molar-refractivity contribution in [1.82, 2.24) is 15.1 Å². The molecule has 0 aliphatic carbocycles.